The van der Waals surface area contributed by atoms with Crippen LogP contribution in [0.1, 0.15) is 29.2 Å². The maximum Gasteiger partial charge on any atom is 0.110 e. The zero-order valence-corrected chi connectivity index (χ0v) is 12.6. The van der Waals surface area contributed by atoms with Crippen molar-refractivity contribution in [2.24, 2.45) is 0 Å². The molecule has 1 N–H and O–H groups in total. The zero-order chi connectivity index (χ0) is 13.9. The van der Waals surface area contributed by atoms with Crippen molar-refractivity contribution in [3.8, 4) is 0 Å². The molecule has 1 unspecified atom stereocenters. The van der Waals surface area contributed by atoms with Crippen LogP contribution in [0.25, 0.3) is 10.8 Å². The van der Waals surface area contributed by atoms with Crippen LogP contribution in [-0.2, 0) is 6.54 Å². The van der Waals surface area contributed by atoms with Gasteiger partial charge >= 0.3 is 0 Å². The van der Waals surface area contributed by atoms with Crippen molar-refractivity contribution in [1.82, 2.24) is 10.3 Å². The number of aromatic nitrogens is 1. The van der Waals surface area contributed by atoms with Crippen LogP contribution in [0.15, 0.2) is 47.8 Å². The molecule has 1 heterocycles. The zero-order valence-electron chi connectivity index (χ0n) is 11.8. The van der Waals surface area contributed by atoms with E-state index in [4.69, 9.17) is 0 Å². The number of benzene rings is 2. The number of rotatable bonds is 4. The van der Waals surface area contributed by atoms with Crippen LogP contribution in [0.5, 0.6) is 0 Å². The molecule has 0 fully saturated rings. The standard InChI is InChI=1S/C17H18N2S/c1-12-11-20-17(19-12)13(2)18-10-14-7-8-15-5-3-4-6-16(15)9-14/h3-9,11,13,18H,10H2,1-2H3. The molecule has 0 aliphatic heterocycles. The fourth-order valence-electron chi connectivity index (χ4n) is 2.28. The van der Waals surface area contributed by atoms with Gasteiger partial charge in [-0.1, -0.05) is 36.4 Å². The summed E-state index contributed by atoms with van der Waals surface area (Å²) >= 11 is 1.72. The molecule has 3 aromatic rings. The lowest BCUT2D eigenvalue weighted by Crippen LogP contribution is -2.17. The number of nitrogens with zero attached hydrogens (tertiary/aromatic N) is 1. The molecule has 20 heavy (non-hydrogen) atoms. The Balaban J connectivity index is 1.70. The lowest BCUT2D eigenvalue weighted by molar-refractivity contribution is 0.571. The van der Waals surface area contributed by atoms with Crippen molar-refractivity contribution in [1.29, 1.82) is 0 Å². The summed E-state index contributed by atoms with van der Waals surface area (Å²) in [6.45, 7) is 5.07. The average Bonchev–Trinajstić information content (AvgIpc) is 2.91. The summed E-state index contributed by atoms with van der Waals surface area (Å²) in [6.07, 6.45) is 0. The normalized spacial score (nSPS) is 12.7. The van der Waals surface area contributed by atoms with Crippen LogP contribution in [0.4, 0.5) is 0 Å². The van der Waals surface area contributed by atoms with E-state index in [1.54, 1.807) is 11.3 Å². The van der Waals surface area contributed by atoms with Crippen molar-refractivity contribution in [2.45, 2.75) is 26.4 Å². The lowest BCUT2D eigenvalue weighted by atomic mass is 10.1. The van der Waals surface area contributed by atoms with E-state index in [-0.39, 0.29) is 0 Å². The minimum atomic E-state index is 0.292. The van der Waals surface area contributed by atoms with E-state index in [2.05, 4.69) is 65.1 Å². The fraction of sp³-hybridized carbons (Fsp3) is 0.235. The Labute approximate surface area is 123 Å². The molecule has 0 saturated carbocycles. The van der Waals surface area contributed by atoms with Gasteiger partial charge in [0.25, 0.3) is 0 Å². The molecule has 0 radical (unpaired) electrons. The molecule has 0 amide bonds. The maximum atomic E-state index is 4.53. The van der Waals surface area contributed by atoms with Crippen LogP contribution in [0, 0.1) is 6.92 Å². The minimum Gasteiger partial charge on any atom is -0.304 e. The quantitative estimate of drug-likeness (QED) is 0.764. The van der Waals surface area contributed by atoms with Gasteiger partial charge in [-0.3, -0.25) is 0 Å². The van der Waals surface area contributed by atoms with Gasteiger partial charge in [0, 0.05) is 17.6 Å². The highest BCUT2D eigenvalue weighted by atomic mass is 32.1. The van der Waals surface area contributed by atoms with Gasteiger partial charge in [-0.2, -0.15) is 0 Å². The number of thiazole rings is 1. The minimum absolute atomic E-state index is 0.292. The number of aryl methyl sites for hydroxylation is 1. The Morgan fingerprint density at radius 3 is 2.70 bits per heavy atom. The van der Waals surface area contributed by atoms with Gasteiger partial charge in [0.05, 0.1) is 6.04 Å². The van der Waals surface area contributed by atoms with E-state index in [9.17, 15) is 0 Å². The SMILES string of the molecule is Cc1csc(C(C)NCc2ccc3ccccc3c2)n1. The molecule has 3 heteroatoms. The first-order valence-electron chi connectivity index (χ1n) is 6.85. The molecule has 0 bridgehead atoms. The Hall–Kier alpha value is -1.71. The second-order valence-electron chi connectivity index (χ2n) is 5.11. The summed E-state index contributed by atoms with van der Waals surface area (Å²) < 4.78 is 0. The monoisotopic (exact) mass is 282 g/mol. The topological polar surface area (TPSA) is 24.9 Å². The summed E-state index contributed by atoms with van der Waals surface area (Å²) in [5, 5.41) is 9.39. The van der Waals surface area contributed by atoms with Crippen molar-refractivity contribution < 1.29 is 0 Å². The summed E-state index contributed by atoms with van der Waals surface area (Å²) in [4.78, 5) is 4.53. The highest BCUT2D eigenvalue weighted by Gasteiger charge is 2.08. The van der Waals surface area contributed by atoms with Crippen LogP contribution >= 0.6 is 11.3 Å². The van der Waals surface area contributed by atoms with E-state index in [1.165, 1.54) is 16.3 Å². The first kappa shape index (κ1) is 13.3. The fourth-order valence-corrected chi connectivity index (χ4v) is 3.11. The van der Waals surface area contributed by atoms with Gasteiger partial charge in [0.2, 0.25) is 0 Å². The Morgan fingerprint density at radius 2 is 1.95 bits per heavy atom. The van der Waals surface area contributed by atoms with E-state index in [0.29, 0.717) is 6.04 Å². The number of nitrogens with one attached hydrogen (secondary N) is 1. The molecule has 0 spiro atoms. The van der Waals surface area contributed by atoms with Crippen molar-refractivity contribution in [2.75, 3.05) is 0 Å². The molecule has 102 valence electrons. The Kier molecular flexibility index (Phi) is 3.81. The smallest absolute Gasteiger partial charge is 0.110 e. The summed E-state index contributed by atoms with van der Waals surface area (Å²) in [6, 6.07) is 15.4. The van der Waals surface area contributed by atoms with Crippen LogP contribution in [-0.4, -0.2) is 4.98 Å². The third-order valence-electron chi connectivity index (χ3n) is 3.43. The summed E-state index contributed by atoms with van der Waals surface area (Å²) in [5.74, 6) is 0. The van der Waals surface area contributed by atoms with Crippen molar-refractivity contribution >= 4 is 22.1 Å². The summed E-state index contributed by atoms with van der Waals surface area (Å²) in [7, 11) is 0. The van der Waals surface area contributed by atoms with Gasteiger partial charge in [0.15, 0.2) is 0 Å². The van der Waals surface area contributed by atoms with E-state index >= 15 is 0 Å². The van der Waals surface area contributed by atoms with E-state index in [0.717, 1.165) is 17.2 Å². The van der Waals surface area contributed by atoms with Crippen LogP contribution in [0.2, 0.25) is 0 Å². The molecule has 0 saturated heterocycles. The molecule has 1 aromatic heterocycles. The first-order chi connectivity index (χ1) is 9.72. The van der Waals surface area contributed by atoms with Crippen LogP contribution < -0.4 is 5.32 Å². The second-order valence-corrected chi connectivity index (χ2v) is 6.00. The predicted octanol–water partition coefficient (Wildman–Crippen LogP) is 4.46. The maximum absolute atomic E-state index is 4.53. The molecule has 2 aromatic carbocycles. The molecule has 2 nitrogen and oxygen atoms in total. The number of hydrogen-bond donors (Lipinski definition) is 1. The highest BCUT2D eigenvalue weighted by molar-refractivity contribution is 7.09. The first-order valence-corrected chi connectivity index (χ1v) is 7.73. The van der Waals surface area contributed by atoms with Crippen LogP contribution in [0.3, 0.4) is 0 Å². The third kappa shape index (κ3) is 2.89. The van der Waals surface area contributed by atoms with Gasteiger partial charge in [-0.25, -0.2) is 4.98 Å². The van der Waals surface area contributed by atoms with Gasteiger partial charge in [0.1, 0.15) is 5.01 Å². The molecular formula is C17H18N2S. The van der Waals surface area contributed by atoms with Gasteiger partial charge in [-0.05, 0) is 36.2 Å². The molecule has 0 aliphatic rings. The molecule has 0 aliphatic carbocycles. The van der Waals surface area contributed by atoms with Gasteiger partial charge < -0.3 is 5.32 Å². The van der Waals surface area contributed by atoms with Gasteiger partial charge in [-0.15, -0.1) is 11.3 Å². The van der Waals surface area contributed by atoms with E-state index in [1.807, 2.05) is 6.92 Å². The third-order valence-corrected chi connectivity index (χ3v) is 4.58. The highest BCUT2D eigenvalue weighted by Crippen LogP contribution is 2.19. The Bertz CT molecular complexity index is 718. The van der Waals surface area contributed by atoms with E-state index < -0.39 is 0 Å². The van der Waals surface area contributed by atoms with Crippen molar-refractivity contribution in [3.05, 3.63) is 64.1 Å². The molecule has 3 rings (SSSR count). The second kappa shape index (κ2) is 5.73. The summed E-state index contributed by atoms with van der Waals surface area (Å²) in [5.41, 5.74) is 2.41. The molecular weight excluding hydrogens is 264 g/mol. The number of hydrogen-bond acceptors (Lipinski definition) is 3. The van der Waals surface area contributed by atoms with Crippen molar-refractivity contribution in [3.63, 3.8) is 0 Å². The molecule has 1 atom stereocenters. The predicted molar refractivity (Wildman–Crippen MR) is 86.1 cm³/mol. The Morgan fingerprint density at radius 1 is 1.15 bits per heavy atom. The largest absolute Gasteiger partial charge is 0.304 e. The lowest BCUT2D eigenvalue weighted by Gasteiger charge is -2.11. The average molecular weight is 282 g/mol. The number of fused-ring (bicyclic) bond motifs is 1.